The van der Waals surface area contributed by atoms with Crippen molar-refractivity contribution in [1.82, 2.24) is 9.55 Å². The number of hydrogen-bond donors (Lipinski definition) is 0. The van der Waals surface area contributed by atoms with Gasteiger partial charge in [0.05, 0.1) is 16.3 Å². The molecule has 1 aliphatic rings. The minimum absolute atomic E-state index is 0.0646. The van der Waals surface area contributed by atoms with E-state index < -0.39 is 0 Å². The number of benzene rings is 2. The second-order valence-corrected chi connectivity index (χ2v) is 9.01. The molecule has 0 radical (unpaired) electrons. The summed E-state index contributed by atoms with van der Waals surface area (Å²) in [6, 6.07) is 14.6. The van der Waals surface area contributed by atoms with Gasteiger partial charge in [-0.2, -0.15) is 0 Å². The van der Waals surface area contributed by atoms with Gasteiger partial charge in [0.1, 0.15) is 0 Å². The van der Waals surface area contributed by atoms with E-state index in [4.69, 9.17) is 4.98 Å². The highest BCUT2D eigenvalue weighted by molar-refractivity contribution is 7.99. The van der Waals surface area contributed by atoms with Crippen molar-refractivity contribution < 1.29 is 0 Å². The molecule has 2 aromatic carbocycles. The van der Waals surface area contributed by atoms with Crippen molar-refractivity contribution in [2.45, 2.75) is 43.0 Å². The number of rotatable bonds is 4. The topological polar surface area (TPSA) is 34.9 Å². The number of nitrogens with zero attached hydrogens (tertiary/aromatic N) is 2. The number of thioether (sulfide) groups is 2. The van der Waals surface area contributed by atoms with E-state index >= 15 is 0 Å². The highest BCUT2D eigenvalue weighted by atomic mass is 32.2. The van der Waals surface area contributed by atoms with Crippen molar-refractivity contribution in [3.63, 3.8) is 0 Å². The van der Waals surface area contributed by atoms with Gasteiger partial charge in [0, 0.05) is 17.9 Å². The van der Waals surface area contributed by atoms with Crippen LogP contribution in [0.15, 0.2) is 57.3 Å². The lowest BCUT2D eigenvalue weighted by Crippen LogP contribution is -2.23. The largest absolute Gasteiger partial charge is 0.272 e. The van der Waals surface area contributed by atoms with Gasteiger partial charge >= 0.3 is 0 Å². The fourth-order valence-electron chi connectivity index (χ4n) is 3.21. The second kappa shape index (κ2) is 7.56. The molecule has 1 aromatic heterocycles. The van der Waals surface area contributed by atoms with E-state index in [2.05, 4.69) is 39.0 Å². The van der Waals surface area contributed by atoms with Crippen molar-refractivity contribution in [2.75, 3.05) is 5.75 Å². The average molecular weight is 395 g/mol. The Bertz CT molecular complexity index is 1060. The molecule has 0 fully saturated rings. The summed E-state index contributed by atoms with van der Waals surface area (Å²) < 4.78 is 1.78. The molecular formula is C22H22N2OS2. The van der Waals surface area contributed by atoms with Crippen molar-refractivity contribution in [3.05, 3.63) is 80.8 Å². The first-order valence-electron chi connectivity index (χ1n) is 9.07. The molecule has 0 unspecified atom stereocenters. The normalized spacial score (nSPS) is 13.0. The highest BCUT2D eigenvalue weighted by Crippen LogP contribution is 2.31. The smallest absolute Gasteiger partial charge is 0.268 e. The van der Waals surface area contributed by atoms with Crippen LogP contribution in [0, 0.1) is 20.8 Å². The lowest BCUT2D eigenvalue weighted by atomic mass is 10.1. The van der Waals surface area contributed by atoms with E-state index in [1.54, 1.807) is 28.1 Å². The summed E-state index contributed by atoms with van der Waals surface area (Å²) in [5, 5.41) is 0.783. The quantitative estimate of drug-likeness (QED) is 0.456. The van der Waals surface area contributed by atoms with Crippen molar-refractivity contribution in [3.8, 4) is 5.69 Å². The minimum atomic E-state index is 0.0646. The molecule has 0 spiro atoms. The Labute approximate surface area is 168 Å². The molecule has 27 heavy (non-hydrogen) atoms. The Morgan fingerprint density at radius 2 is 1.81 bits per heavy atom. The lowest BCUT2D eigenvalue weighted by Gasteiger charge is -2.14. The zero-order chi connectivity index (χ0) is 19.0. The molecule has 2 heterocycles. The molecule has 0 bridgehead atoms. The fourth-order valence-corrected chi connectivity index (χ4v) is 5.33. The summed E-state index contributed by atoms with van der Waals surface area (Å²) in [4.78, 5) is 18.9. The zero-order valence-corrected chi connectivity index (χ0v) is 17.4. The average Bonchev–Trinajstić information content (AvgIpc) is 3.12. The van der Waals surface area contributed by atoms with Gasteiger partial charge in [-0.15, -0.1) is 11.8 Å². The van der Waals surface area contributed by atoms with Crippen LogP contribution in [0.25, 0.3) is 5.69 Å². The first kappa shape index (κ1) is 18.4. The third-order valence-electron chi connectivity index (χ3n) is 4.82. The van der Waals surface area contributed by atoms with Crippen molar-refractivity contribution in [2.24, 2.45) is 0 Å². The molecule has 1 aliphatic heterocycles. The van der Waals surface area contributed by atoms with Gasteiger partial charge in [-0.1, -0.05) is 53.2 Å². The van der Waals surface area contributed by atoms with E-state index in [1.165, 1.54) is 22.3 Å². The summed E-state index contributed by atoms with van der Waals surface area (Å²) in [7, 11) is 0. The number of aryl methyl sites for hydroxylation is 4. The maximum absolute atomic E-state index is 13.2. The summed E-state index contributed by atoms with van der Waals surface area (Å²) in [5.41, 5.74) is 6.91. The lowest BCUT2D eigenvalue weighted by molar-refractivity contribution is 0.739. The van der Waals surface area contributed by atoms with E-state index in [0.29, 0.717) is 0 Å². The maximum atomic E-state index is 13.2. The molecule has 0 amide bonds. The Hall–Kier alpha value is -1.98. The third-order valence-corrected chi connectivity index (χ3v) is 6.91. The van der Waals surface area contributed by atoms with Crippen molar-refractivity contribution >= 4 is 23.5 Å². The Morgan fingerprint density at radius 1 is 1.07 bits per heavy atom. The third kappa shape index (κ3) is 3.71. The summed E-state index contributed by atoms with van der Waals surface area (Å²) in [5.74, 6) is 1.74. The highest BCUT2D eigenvalue weighted by Gasteiger charge is 2.22. The van der Waals surface area contributed by atoms with Gasteiger partial charge in [0.25, 0.3) is 5.56 Å². The van der Waals surface area contributed by atoms with Crippen LogP contribution in [-0.2, 0) is 12.2 Å². The summed E-state index contributed by atoms with van der Waals surface area (Å²) in [6.45, 7) is 6.30. The summed E-state index contributed by atoms with van der Waals surface area (Å²) >= 11 is 3.27. The molecule has 3 aromatic rings. The molecule has 4 rings (SSSR count). The van der Waals surface area contributed by atoms with Gasteiger partial charge < -0.3 is 0 Å². The molecular weight excluding hydrogens is 372 g/mol. The summed E-state index contributed by atoms with van der Waals surface area (Å²) in [6.07, 6.45) is 0.876. The standard InChI is InChI=1S/C22H22N2OS2/c1-14-5-8-18(9-6-14)24-21(25)20-19(10-11-26-20)23-22(24)27-13-17-12-15(2)4-7-16(17)3/h4-9,12H,10-11,13H2,1-3H3. The molecule has 0 aliphatic carbocycles. The molecule has 0 atom stereocenters. The van der Waals surface area contributed by atoms with Crippen LogP contribution < -0.4 is 5.56 Å². The van der Waals surface area contributed by atoms with Crippen LogP contribution in [0.5, 0.6) is 0 Å². The van der Waals surface area contributed by atoms with Gasteiger partial charge in [0.2, 0.25) is 0 Å². The zero-order valence-electron chi connectivity index (χ0n) is 15.8. The molecule has 0 saturated heterocycles. The van der Waals surface area contributed by atoms with Gasteiger partial charge in [-0.3, -0.25) is 9.36 Å². The predicted octanol–water partition coefficient (Wildman–Crippen LogP) is 5.10. The van der Waals surface area contributed by atoms with Crippen LogP contribution in [0.4, 0.5) is 0 Å². The molecule has 138 valence electrons. The van der Waals surface area contributed by atoms with Gasteiger partial charge in [-0.25, -0.2) is 4.98 Å². The number of fused-ring (bicyclic) bond motifs is 1. The Morgan fingerprint density at radius 3 is 2.59 bits per heavy atom. The predicted molar refractivity (Wildman–Crippen MR) is 114 cm³/mol. The fraction of sp³-hybridized carbons (Fsp3) is 0.273. The van der Waals surface area contributed by atoms with Gasteiger partial charge in [-0.05, 0) is 44.0 Å². The van der Waals surface area contributed by atoms with Crippen LogP contribution in [0.3, 0.4) is 0 Å². The van der Waals surface area contributed by atoms with Crippen molar-refractivity contribution in [1.29, 1.82) is 0 Å². The first-order chi connectivity index (χ1) is 13.0. The van der Waals surface area contributed by atoms with Crippen LogP contribution in [0.1, 0.15) is 27.9 Å². The van der Waals surface area contributed by atoms with Crippen LogP contribution >= 0.6 is 23.5 Å². The van der Waals surface area contributed by atoms with E-state index in [0.717, 1.165) is 39.4 Å². The van der Waals surface area contributed by atoms with Gasteiger partial charge in [0.15, 0.2) is 5.16 Å². The molecule has 0 saturated carbocycles. The molecule has 0 N–H and O–H groups in total. The SMILES string of the molecule is Cc1ccc(-n2c(SCc3cc(C)ccc3C)nc3c(c2=O)SCC3)cc1. The molecule has 3 nitrogen and oxygen atoms in total. The maximum Gasteiger partial charge on any atom is 0.272 e. The van der Waals surface area contributed by atoms with E-state index in [-0.39, 0.29) is 5.56 Å². The first-order valence-corrected chi connectivity index (χ1v) is 11.0. The Balaban J connectivity index is 1.77. The Kier molecular flexibility index (Phi) is 5.15. The second-order valence-electron chi connectivity index (χ2n) is 6.96. The monoisotopic (exact) mass is 394 g/mol. The number of aromatic nitrogens is 2. The van der Waals surface area contributed by atoms with Crippen LogP contribution in [-0.4, -0.2) is 15.3 Å². The minimum Gasteiger partial charge on any atom is -0.268 e. The van der Waals surface area contributed by atoms with Crippen LogP contribution in [0.2, 0.25) is 0 Å². The van der Waals surface area contributed by atoms with E-state index in [1.807, 2.05) is 24.3 Å². The molecule has 5 heteroatoms. The number of hydrogen-bond acceptors (Lipinski definition) is 4. The van der Waals surface area contributed by atoms with E-state index in [9.17, 15) is 4.79 Å².